The first-order valence-corrected chi connectivity index (χ1v) is 8.73. The van der Waals surface area contributed by atoms with Crippen molar-refractivity contribution in [2.45, 2.75) is 25.2 Å². The van der Waals surface area contributed by atoms with Crippen molar-refractivity contribution in [3.63, 3.8) is 0 Å². The molecule has 0 spiro atoms. The Labute approximate surface area is 160 Å². The van der Waals surface area contributed by atoms with E-state index in [2.05, 4.69) is 15.6 Å². The molecule has 0 aromatic heterocycles. The number of nitrogens with one attached hydrogen (secondary N) is 2. The minimum Gasteiger partial charge on any atom is -0.382 e. The molecule has 23 heavy (non-hydrogen) atoms. The zero-order valence-electron chi connectivity index (χ0n) is 13.8. The maximum Gasteiger partial charge on any atom is 0.191 e. The van der Waals surface area contributed by atoms with Gasteiger partial charge in [0.1, 0.15) is 5.82 Å². The third-order valence-corrected chi connectivity index (χ3v) is 3.76. The van der Waals surface area contributed by atoms with Gasteiger partial charge in [-0.3, -0.25) is 4.99 Å². The van der Waals surface area contributed by atoms with Gasteiger partial charge in [-0.15, -0.1) is 35.7 Å². The molecule has 0 radical (unpaired) electrons. The maximum atomic E-state index is 12.8. The van der Waals surface area contributed by atoms with Crippen molar-refractivity contribution < 1.29 is 9.13 Å². The summed E-state index contributed by atoms with van der Waals surface area (Å²) in [6, 6.07) is 6.57. The summed E-state index contributed by atoms with van der Waals surface area (Å²) in [4.78, 5) is 5.57. The van der Waals surface area contributed by atoms with Crippen molar-refractivity contribution in [2.75, 3.05) is 38.6 Å². The number of ether oxygens (including phenoxy) is 1. The van der Waals surface area contributed by atoms with E-state index in [1.54, 1.807) is 23.9 Å². The molecule has 132 valence electrons. The smallest absolute Gasteiger partial charge is 0.191 e. The first kappa shape index (κ1) is 22.5. The van der Waals surface area contributed by atoms with Gasteiger partial charge in [0, 0.05) is 43.5 Å². The molecule has 0 saturated carbocycles. The minimum absolute atomic E-state index is 0. The molecule has 0 bridgehead atoms. The quantitative estimate of drug-likeness (QED) is 0.186. The van der Waals surface area contributed by atoms with Gasteiger partial charge in [0.05, 0.1) is 0 Å². The number of aliphatic imine (C=N–C) groups is 1. The van der Waals surface area contributed by atoms with Crippen LogP contribution in [-0.2, 0) is 4.74 Å². The van der Waals surface area contributed by atoms with Crippen LogP contribution < -0.4 is 10.6 Å². The molecule has 0 aliphatic carbocycles. The first-order valence-electron chi connectivity index (χ1n) is 7.74. The van der Waals surface area contributed by atoms with Gasteiger partial charge in [0.25, 0.3) is 0 Å². The molecule has 0 unspecified atom stereocenters. The first-order chi connectivity index (χ1) is 10.8. The lowest BCUT2D eigenvalue weighted by molar-refractivity contribution is 0.146. The Kier molecular flexibility index (Phi) is 14.7. The van der Waals surface area contributed by atoms with Crippen molar-refractivity contribution in [1.82, 2.24) is 10.6 Å². The minimum atomic E-state index is -0.198. The van der Waals surface area contributed by atoms with E-state index in [4.69, 9.17) is 4.74 Å². The molecule has 0 atom stereocenters. The Morgan fingerprint density at radius 1 is 1.22 bits per heavy atom. The van der Waals surface area contributed by atoms with Crippen molar-refractivity contribution >= 4 is 41.7 Å². The topological polar surface area (TPSA) is 45.7 Å². The third-order valence-electron chi connectivity index (χ3n) is 2.74. The molecular weight excluding hydrogens is 428 g/mol. The van der Waals surface area contributed by atoms with E-state index >= 15 is 0 Å². The fourth-order valence-corrected chi connectivity index (χ4v) is 2.48. The predicted molar refractivity (Wildman–Crippen MR) is 108 cm³/mol. The Morgan fingerprint density at radius 3 is 2.61 bits per heavy atom. The summed E-state index contributed by atoms with van der Waals surface area (Å²) in [5, 5.41) is 6.52. The third kappa shape index (κ3) is 11.6. The van der Waals surface area contributed by atoms with Crippen molar-refractivity contribution in [1.29, 1.82) is 0 Å². The van der Waals surface area contributed by atoms with E-state index in [9.17, 15) is 4.39 Å². The van der Waals surface area contributed by atoms with E-state index in [1.807, 2.05) is 13.8 Å². The molecular formula is C16H27FIN3OS. The number of halogens is 2. The second-order valence-corrected chi connectivity index (χ2v) is 5.71. The van der Waals surface area contributed by atoms with Crippen LogP contribution in [0.2, 0.25) is 0 Å². The number of rotatable bonds is 10. The fourth-order valence-electron chi connectivity index (χ4n) is 1.71. The van der Waals surface area contributed by atoms with Crippen molar-refractivity contribution in [3.8, 4) is 0 Å². The van der Waals surface area contributed by atoms with Gasteiger partial charge in [-0.2, -0.15) is 0 Å². The monoisotopic (exact) mass is 455 g/mol. The molecule has 0 amide bonds. The van der Waals surface area contributed by atoms with Crippen LogP contribution in [0.4, 0.5) is 4.39 Å². The predicted octanol–water partition coefficient (Wildman–Crippen LogP) is 3.52. The largest absolute Gasteiger partial charge is 0.382 e. The Morgan fingerprint density at radius 2 is 1.96 bits per heavy atom. The molecule has 7 heteroatoms. The Balaban J connectivity index is 0.00000484. The van der Waals surface area contributed by atoms with Crippen LogP contribution in [0.15, 0.2) is 34.2 Å². The van der Waals surface area contributed by atoms with E-state index in [-0.39, 0.29) is 29.8 Å². The lowest BCUT2D eigenvalue weighted by atomic mass is 10.4. The standard InChI is InChI=1S/C16H26FN3OS.HI/c1-3-18-16(19-10-5-12-21-4-2)20-11-13-22-15-8-6-14(17)7-9-15;/h6-9H,3-5,10-13H2,1-2H3,(H2,18,19,20);1H. The average molecular weight is 455 g/mol. The SMILES string of the molecule is CCNC(=NCCCOCC)NCCSc1ccc(F)cc1.I. The summed E-state index contributed by atoms with van der Waals surface area (Å²) in [5.74, 6) is 1.53. The Bertz CT molecular complexity index is 432. The highest BCUT2D eigenvalue weighted by atomic mass is 127. The van der Waals surface area contributed by atoms with Gasteiger partial charge in [0.15, 0.2) is 5.96 Å². The lowest BCUT2D eigenvalue weighted by Crippen LogP contribution is -2.38. The zero-order chi connectivity index (χ0) is 16.0. The molecule has 4 nitrogen and oxygen atoms in total. The van der Waals surface area contributed by atoms with E-state index in [1.165, 1.54) is 12.1 Å². The van der Waals surface area contributed by atoms with Gasteiger partial charge < -0.3 is 15.4 Å². The lowest BCUT2D eigenvalue weighted by Gasteiger charge is -2.11. The number of hydrogen-bond donors (Lipinski definition) is 2. The molecule has 0 aliphatic heterocycles. The van der Waals surface area contributed by atoms with Crippen LogP contribution in [0, 0.1) is 5.82 Å². The van der Waals surface area contributed by atoms with E-state index in [0.717, 1.165) is 55.9 Å². The summed E-state index contributed by atoms with van der Waals surface area (Å²) in [5.41, 5.74) is 0. The van der Waals surface area contributed by atoms with Gasteiger partial charge in [-0.05, 0) is 44.5 Å². The van der Waals surface area contributed by atoms with E-state index < -0.39 is 0 Å². The summed E-state index contributed by atoms with van der Waals surface area (Å²) < 4.78 is 18.1. The average Bonchev–Trinajstić information content (AvgIpc) is 2.53. The highest BCUT2D eigenvalue weighted by Gasteiger charge is 1.98. The second-order valence-electron chi connectivity index (χ2n) is 4.54. The van der Waals surface area contributed by atoms with Crippen molar-refractivity contribution in [3.05, 3.63) is 30.1 Å². The number of guanidine groups is 1. The fraction of sp³-hybridized carbons (Fsp3) is 0.562. The highest BCUT2D eigenvalue weighted by molar-refractivity contribution is 14.0. The van der Waals surface area contributed by atoms with Crippen molar-refractivity contribution in [2.24, 2.45) is 4.99 Å². The van der Waals surface area contributed by atoms with Gasteiger partial charge in [-0.25, -0.2) is 4.39 Å². The molecule has 1 aromatic rings. The molecule has 0 aliphatic rings. The zero-order valence-corrected chi connectivity index (χ0v) is 17.0. The summed E-state index contributed by atoms with van der Waals surface area (Å²) >= 11 is 1.69. The van der Waals surface area contributed by atoms with Gasteiger partial charge in [0.2, 0.25) is 0 Å². The number of hydrogen-bond acceptors (Lipinski definition) is 3. The van der Waals surface area contributed by atoms with Crippen LogP contribution in [0.3, 0.4) is 0 Å². The molecule has 0 fully saturated rings. The van der Waals surface area contributed by atoms with Crippen LogP contribution >= 0.6 is 35.7 Å². The normalized spacial score (nSPS) is 11.0. The number of nitrogens with zero attached hydrogens (tertiary/aromatic N) is 1. The molecule has 1 aromatic carbocycles. The van der Waals surface area contributed by atoms with Crippen LogP contribution in [-0.4, -0.2) is 44.6 Å². The van der Waals surface area contributed by atoms with Crippen LogP contribution in [0.1, 0.15) is 20.3 Å². The van der Waals surface area contributed by atoms with Crippen LogP contribution in [0.25, 0.3) is 0 Å². The highest BCUT2D eigenvalue weighted by Crippen LogP contribution is 2.17. The molecule has 2 N–H and O–H groups in total. The number of thioether (sulfide) groups is 1. The number of benzene rings is 1. The summed E-state index contributed by atoms with van der Waals surface area (Å²) in [7, 11) is 0. The van der Waals surface area contributed by atoms with E-state index in [0.29, 0.717) is 0 Å². The summed E-state index contributed by atoms with van der Waals surface area (Å²) in [6.07, 6.45) is 0.925. The second kappa shape index (κ2) is 15.0. The molecule has 1 rings (SSSR count). The van der Waals surface area contributed by atoms with Crippen LogP contribution in [0.5, 0.6) is 0 Å². The maximum absolute atomic E-state index is 12.8. The summed E-state index contributed by atoms with van der Waals surface area (Å²) in [6.45, 7) is 7.93. The molecule has 0 heterocycles. The van der Waals surface area contributed by atoms with Gasteiger partial charge in [-0.1, -0.05) is 0 Å². The Hall–Kier alpha value is -0.540. The molecule has 0 saturated heterocycles. The van der Waals surface area contributed by atoms with Gasteiger partial charge >= 0.3 is 0 Å².